The Kier molecular flexibility index (Phi) is 7.44. The number of anilines is 1. The molecule has 1 aromatic carbocycles. The topological polar surface area (TPSA) is 24.5 Å². The third-order valence-electron chi connectivity index (χ3n) is 4.08. The SMILES string of the molecule is CCCCOc1ccccc1NCCN1CCCCCC1. The molecule has 0 saturated carbocycles. The molecule has 0 bridgehead atoms. The van der Waals surface area contributed by atoms with Gasteiger partial charge in [-0.05, 0) is 44.5 Å². The lowest BCUT2D eigenvalue weighted by Gasteiger charge is -2.20. The van der Waals surface area contributed by atoms with Gasteiger partial charge in [0, 0.05) is 13.1 Å². The fourth-order valence-electron chi connectivity index (χ4n) is 2.77. The fourth-order valence-corrected chi connectivity index (χ4v) is 2.77. The second-order valence-corrected chi connectivity index (χ2v) is 5.88. The van der Waals surface area contributed by atoms with E-state index in [4.69, 9.17) is 4.74 Å². The maximum atomic E-state index is 5.86. The predicted octanol–water partition coefficient (Wildman–Crippen LogP) is 4.15. The Labute approximate surface area is 129 Å². The maximum Gasteiger partial charge on any atom is 0.142 e. The standard InChI is InChI=1S/C18H30N2O/c1-2-3-16-21-18-11-7-6-10-17(18)19-12-15-20-13-8-4-5-9-14-20/h6-7,10-11,19H,2-5,8-9,12-16H2,1H3. The quantitative estimate of drug-likeness (QED) is 0.728. The number of rotatable bonds is 8. The number of para-hydroxylation sites is 2. The van der Waals surface area contributed by atoms with Crippen LogP contribution >= 0.6 is 0 Å². The van der Waals surface area contributed by atoms with Crippen molar-refractivity contribution < 1.29 is 4.74 Å². The van der Waals surface area contributed by atoms with E-state index in [0.717, 1.165) is 37.6 Å². The molecule has 0 spiro atoms. The van der Waals surface area contributed by atoms with Crippen LogP contribution in [0.1, 0.15) is 45.4 Å². The molecule has 2 rings (SSSR count). The van der Waals surface area contributed by atoms with Crippen LogP contribution in [-0.2, 0) is 0 Å². The number of hydrogen-bond donors (Lipinski definition) is 1. The Morgan fingerprint density at radius 1 is 1.10 bits per heavy atom. The molecule has 3 heteroatoms. The number of nitrogens with zero attached hydrogens (tertiary/aromatic N) is 1. The third-order valence-corrected chi connectivity index (χ3v) is 4.08. The van der Waals surface area contributed by atoms with Gasteiger partial charge in [-0.15, -0.1) is 0 Å². The molecule has 0 aromatic heterocycles. The Hall–Kier alpha value is -1.22. The minimum atomic E-state index is 0.807. The van der Waals surface area contributed by atoms with Gasteiger partial charge < -0.3 is 15.0 Å². The number of ether oxygens (including phenoxy) is 1. The van der Waals surface area contributed by atoms with E-state index in [-0.39, 0.29) is 0 Å². The van der Waals surface area contributed by atoms with Crippen molar-refractivity contribution in [3.63, 3.8) is 0 Å². The lowest BCUT2D eigenvalue weighted by atomic mass is 10.2. The predicted molar refractivity (Wildman–Crippen MR) is 90.2 cm³/mol. The highest BCUT2D eigenvalue weighted by Gasteiger charge is 2.08. The smallest absolute Gasteiger partial charge is 0.142 e. The Morgan fingerprint density at radius 3 is 2.62 bits per heavy atom. The van der Waals surface area contributed by atoms with Crippen LogP contribution in [0.15, 0.2) is 24.3 Å². The van der Waals surface area contributed by atoms with Crippen molar-refractivity contribution in [3.05, 3.63) is 24.3 Å². The number of hydrogen-bond acceptors (Lipinski definition) is 3. The van der Waals surface area contributed by atoms with Crippen molar-refractivity contribution in [2.24, 2.45) is 0 Å². The monoisotopic (exact) mass is 290 g/mol. The van der Waals surface area contributed by atoms with E-state index in [1.54, 1.807) is 0 Å². The van der Waals surface area contributed by atoms with E-state index in [0.29, 0.717) is 0 Å². The highest BCUT2D eigenvalue weighted by Crippen LogP contribution is 2.23. The minimum absolute atomic E-state index is 0.807. The second-order valence-electron chi connectivity index (χ2n) is 5.88. The summed E-state index contributed by atoms with van der Waals surface area (Å²) < 4.78 is 5.86. The summed E-state index contributed by atoms with van der Waals surface area (Å²) in [5.41, 5.74) is 1.13. The summed E-state index contributed by atoms with van der Waals surface area (Å²) in [7, 11) is 0. The molecule has 0 aliphatic carbocycles. The van der Waals surface area contributed by atoms with E-state index >= 15 is 0 Å². The molecule has 0 unspecified atom stereocenters. The molecule has 21 heavy (non-hydrogen) atoms. The van der Waals surface area contributed by atoms with Crippen LogP contribution in [0.25, 0.3) is 0 Å². The lowest BCUT2D eigenvalue weighted by Crippen LogP contribution is -2.30. The van der Waals surface area contributed by atoms with Gasteiger partial charge in [0.2, 0.25) is 0 Å². The van der Waals surface area contributed by atoms with E-state index in [2.05, 4.69) is 35.3 Å². The zero-order valence-electron chi connectivity index (χ0n) is 13.4. The van der Waals surface area contributed by atoms with Crippen LogP contribution in [0.4, 0.5) is 5.69 Å². The Morgan fingerprint density at radius 2 is 1.86 bits per heavy atom. The third kappa shape index (κ3) is 5.96. The molecular formula is C18H30N2O. The normalized spacial score (nSPS) is 16.4. The van der Waals surface area contributed by atoms with Gasteiger partial charge in [0.1, 0.15) is 5.75 Å². The average Bonchev–Trinajstić information content (AvgIpc) is 2.78. The number of nitrogens with one attached hydrogen (secondary N) is 1. The molecule has 1 aliphatic rings. The van der Waals surface area contributed by atoms with Crippen LogP contribution in [0.5, 0.6) is 5.75 Å². The van der Waals surface area contributed by atoms with Gasteiger partial charge in [-0.25, -0.2) is 0 Å². The van der Waals surface area contributed by atoms with Crippen molar-refractivity contribution in [1.82, 2.24) is 4.90 Å². The van der Waals surface area contributed by atoms with Crippen molar-refractivity contribution in [1.29, 1.82) is 0 Å². The van der Waals surface area contributed by atoms with Gasteiger partial charge in [0.05, 0.1) is 12.3 Å². The molecule has 0 amide bonds. The van der Waals surface area contributed by atoms with E-state index in [9.17, 15) is 0 Å². The molecule has 1 saturated heterocycles. The van der Waals surface area contributed by atoms with Gasteiger partial charge in [0.15, 0.2) is 0 Å². The van der Waals surface area contributed by atoms with Crippen LogP contribution in [0, 0.1) is 0 Å². The highest BCUT2D eigenvalue weighted by molar-refractivity contribution is 5.56. The van der Waals surface area contributed by atoms with Crippen LogP contribution in [0.3, 0.4) is 0 Å². The fraction of sp³-hybridized carbons (Fsp3) is 0.667. The average molecular weight is 290 g/mol. The number of benzene rings is 1. The van der Waals surface area contributed by atoms with Crippen LogP contribution in [0.2, 0.25) is 0 Å². The molecule has 0 radical (unpaired) electrons. The number of unbranched alkanes of at least 4 members (excludes halogenated alkanes) is 1. The van der Waals surface area contributed by atoms with Gasteiger partial charge in [-0.3, -0.25) is 0 Å². The molecule has 1 aliphatic heterocycles. The summed E-state index contributed by atoms with van der Waals surface area (Å²) in [6, 6.07) is 8.29. The van der Waals surface area contributed by atoms with E-state index < -0.39 is 0 Å². The summed E-state index contributed by atoms with van der Waals surface area (Å²) >= 11 is 0. The molecule has 1 aromatic rings. The molecule has 118 valence electrons. The van der Waals surface area contributed by atoms with Crippen LogP contribution in [-0.4, -0.2) is 37.7 Å². The van der Waals surface area contributed by atoms with E-state index in [1.807, 2.05) is 6.07 Å². The zero-order chi connectivity index (χ0) is 14.8. The maximum absolute atomic E-state index is 5.86. The van der Waals surface area contributed by atoms with Crippen molar-refractivity contribution in [3.8, 4) is 5.75 Å². The zero-order valence-corrected chi connectivity index (χ0v) is 13.4. The highest BCUT2D eigenvalue weighted by atomic mass is 16.5. The molecule has 3 nitrogen and oxygen atoms in total. The lowest BCUT2D eigenvalue weighted by molar-refractivity contribution is 0.295. The summed E-state index contributed by atoms with van der Waals surface area (Å²) in [6.07, 6.45) is 7.80. The largest absolute Gasteiger partial charge is 0.491 e. The minimum Gasteiger partial charge on any atom is -0.491 e. The first-order valence-electron chi connectivity index (χ1n) is 8.58. The van der Waals surface area contributed by atoms with E-state index in [1.165, 1.54) is 45.2 Å². The van der Waals surface area contributed by atoms with Crippen molar-refractivity contribution >= 4 is 5.69 Å². The van der Waals surface area contributed by atoms with Gasteiger partial charge in [-0.1, -0.05) is 38.3 Å². The van der Waals surface area contributed by atoms with Crippen molar-refractivity contribution in [2.45, 2.75) is 45.4 Å². The molecule has 1 N–H and O–H groups in total. The summed E-state index contributed by atoms with van der Waals surface area (Å²) in [4.78, 5) is 2.58. The molecule has 1 heterocycles. The number of likely N-dealkylation sites (tertiary alicyclic amines) is 1. The second kappa shape index (κ2) is 9.67. The first-order chi connectivity index (χ1) is 10.4. The first kappa shape index (κ1) is 16.2. The van der Waals surface area contributed by atoms with Crippen LogP contribution < -0.4 is 10.1 Å². The Bertz CT molecular complexity index is 387. The summed E-state index contributed by atoms with van der Waals surface area (Å²) in [6.45, 7) is 7.64. The van der Waals surface area contributed by atoms with Crippen molar-refractivity contribution in [2.75, 3.05) is 38.1 Å². The molecule has 1 fully saturated rings. The van der Waals surface area contributed by atoms with Gasteiger partial charge in [0.25, 0.3) is 0 Å². The summed E-state index contributed by atoms with van der Waals surface area (Å²) in [5, 5.41) is 3.54. The molecule has 0 atom stereocenters. The van der Waals surface area contributed by atoms with Gasteiger partial charge in [-0.2, -0.15) is 0 Å². The Balaban J connectivity index is 1.76. The van der Waals surface area contributed by atoms with Gasteiger partial charge >= 0.3 is 0 Å². The summed E-state index contributed by atoms with van der Waals surface area (Å²) in [5.74, 6) is 0.988. The molecular weight excluding hydrogens is 260 g/mol. The first-order valence-corrected chi connectivity index (χ1v) is 8.58.